The molecule has 25 heavy (non-hydrogen) atoms. The van der Waals surface area contributed by atoms with Crippen LogP contribution in [0.4, 0.5) is 5.69 Å². The summed E-state index contributed by atoms with van der Waals surface area (Å²) in [6.45, 7) is 0. The molecule has 3 aromatic carbocycles. The molecule has 0 saturated carbocycles. The Labute approximate surface area is 156 Å². The normalized spacial score (nSPS) is 16.7. The molecule has 0 aliphatic carbocycles. The van der Waals surface area contributed by atoms with E-state index in [2.05, 4.69) is 18.2 Å². The number of para-hydroxylation sites is 1. The Morgan fingerprint density at radius 3 is 2.40 bits per heavy atom. The van der Waals surface area contributed by atoms with Gasteiger partial charge >= 0.3 is 0 Å². The van der Waals surface area contributed by atoms with Crippen molar-refractivity contribution < 1.29 is 5.11 Å². The minimum absolute atomic E-state index is 0.258. The van der Waals surface area contributed by atoms with Crippen molar-refractivity contribution in [2.24, 2.45) is 4.99 Å². The van der Waals surface area contributed by atoms with Crippen LogP contribution in [0.2, 0.25) is 5.02 Å². The summed E-state index contributed by atoms with van der Waals surface area (Å²) in [7, 11) is 0. The fourth-order valence-corrected chi connectivity index (χ4v) is 4.27. The Hall–Kier alpha value is -2.23. The molecule has 1 N–H and O–H groups in total. The molecule has 124 valence electrons. The third-order valence-electron chi connectivity index (χ3n) is 4.21. The van der Waals surface area contributed by atoms with Crippen molar-refractivity contribution in [1.82, 2.24) is 0 Å². The molecular weight excluding hydrogens is 350 g/mol. The Morgan fingerprint density at radius 1 is 0.920 bits per heavy atom. The number of halogens is 1. The van der Waals surface area contributed by atoms with Crippen molar-refractivity contribution in [3.8, 4) is 5.75 Å². The predicted octanol–water partition coefficient (Wildman–Crippen LogP) is 6.40. The van der Waals surface area contributed by atoms with E-state index in [-0.39, 0.29) is 11.0 Å². The molecule has 1 atom stereocenters. The number of hydrogen-bond donors (Lipinski definition) is 1. The maximum absolute atomic E-state index is 9.57. The van der Waals surface area contributed by atoms with Gasteiger partial charge in [0, 0.05) is 27.3 Å². The van der Waals surface area contributed by atoms with Crippen LogP contribution in [-0.4, -0.2) is 10.8 Å². The summed E-state index contributed by atoms with van der Waals surface area (Å²) < 4.78 is 0. The van der Waals surface area contributed by atoms with Gasteiger partial charge in [0.25, 0.3) is 0 Å². The lowest BCUT2D eigenvalue weighted by atomic mass is 10.0. The van der Waals surface area contributed by atoms with Gasteiger partial charge in [-0.1, -0.05) is 35.9 Å². The Morgan fingerprint density at radius 2 is 1.64 bits per heavy atom. The zero-order valence-corrected chi connectivity index (χ0v) is 15.0. The summed E-state index contributed by atoms with van der Waals surface area (Å²) in [6.07, 6.45) is 0.811. The number of phenolic OH excluding ortho intramolecular Hbond substituents is 1. The molecule has 0 aromatic heterocycles. The number of fused-ring (bicyclic) bond motifs is 1. The molecule has 1 aliphatic heterocycles. The van der Waals surface area contributed by atoms with Gasteiger partial charge in [-0.2, -0.15) is 0 Å². The van der Waals surface area contributed by atoms with Crippen LogP contribution in [0.25, 0.3) is 0 Å². The zero-order chi connectivity index (χ0) is 17.2. The zero-order valence-electron chi connectivity index (χ0n) is 13.4. The van der Waals surface area contributed by atoms with Gasteiger partial charge in [0.05, 0.1) is 5.69 Å². The molecular formula is C21H16ClNOS. The summed E-state index contributed by atoms with van der Waals surface area (Å²) >= 11 is 7.88. The molecule has 0 unspecified atom stereocenters. The van der Waals surface area contributed by atoms with Crippen LogP contribution < -0.4 is 0 Å². The number of aromatic hydroxyl groups is 1. The number of aliphatic imine (C=N–C) groups is 1. The molecule has 1 heterocycles. The number of benzene rings is 3. The first-order valence-electron chi connectivity index (χ1n) is 8.07. The highest BCUT2D eigenvalue weighted by Gasteiger charge is 2.22. The summed E-state index contributed by atoms with van der Waals surface area (Å²) in [4.78, 5) is 6.10. The van der Waals surface area contributed by atoms with Gasteiger partial charge in [-0.15, -0.1) is 11.8 Å². The SMILES string of the molecule is Oc1ccc(C2=Nc3ccccc3S[C@@H](c3ccc(Cl)cc3)C2)cc1. The average molecular weight is 366 g/mol. The second kappa shape index (κ2) is 6.95. The lowest BCUT2D eigenvalue weighted by molar-refractivity contribution is 0.475. The third kappa shape index (κ3) is 3.58. The molecule has 0 amide bonds. The monoisotopic (exact) mass is 365 g/mol. The van der Waals surface area contributed by atoms with Crippen molar-refractivity contribution in [1.29, 1.82) is 0 Å². The fraction of sp³-hybridized carbons (Fsp3) is 0.0952. The topological polar surface area (TPSA) is 32.6 Å². The first kappa shape index (κ1) is 16.2. The van der Waals surface area contributed by atoms with Crippen molar-refractivity contribution in [2.45, 2.75) is 16.6 Å². The van der Waals surface area contributed by atoms with E-state index >= 15 is 0 Å². The maximum Gasteiger partial charge on any atom is 0.115 e. The van der Waals surface area contributed by atoms with E-state index in [1.165, 1.54) is 10.5 Å². The molecule has 0 radical (unpaired) electrons. The lowest BCUT2D eigenvalue weighted by Gasteiger charge is -2.16. The lowest BCUT2D eigenvalue weighted by Crippen LogP contribution is -2.05. The van der Waals surface area contributed by atoms with Gasteiger partial charge in [0.2, 0.25) is 0 Å². The number of hydrogen-bond acceptors (Lipinski definition) is 3. The maximum atomic E-state index is 9.57. The molecule has 4 heteroatoms. The highest BCUT2D eigenvalue weighted by atomic mass is 35.5. The van der Waals surface area contributed by atoms with Crippen LogP contribution in [0.1, 0.15) is 22.8 Å². The summed E-state index contributed by atoms with van der Waals surface area (Å²) in [5.41, 5.74) is 4.29. The average Bonchev–Trinajstić information content (AvgIpc) is 2.82. The molecule has 3 aromatic rings. The smallest absolute Gasteiger partial charge is 0.115 e. The largest absolute Gasteiger partial charge is 0.508 e. The Kier molecular flexibility index (Phi) is 4.51. The Balaban J connectivity index is 1.78. The van der Waals surface area contributed by atoms with Crippen LogP contribution in [0, 0.1) is 0 Å². The van der Waals surface area contributed by atoms with E-state index in [1.54, 1.807) is 12.1 Å². The van der Waals surface area contributed by atoms with Gasteiger partial charge in [-0.25, -0.2) is 0 Å². The van der Waals surface area contributed by atoms with E-state index in [0.717, 1.165) is 28.4 Å². The highest BCUT2D eigenvalue weighted by Crippen LogP contribution is 2.45. The highest BCUT2D eigenvalue weighted by molar-refractivity contribution is 7.99. The van der Waals surface area contributed by atoms with Crippen molar-refractivity contribution in [3.05, 3.63) is 88.9 Å². The van der Waals surface area contributed by atoms with Crippen LogP contribution in [-0.2, 0) is 0 Å². The predicted molar refractivity (Wildman–Crippen MR) is 105 cm³/mol. The van der Waals surface area contributed by atoms with Crippen LogP contribution in [0.5, 0.6) is 5.75 Å². The van der Waals surface area contributed by atoms with E-state index < -0.39 is 0 Å². The second-order valence-electron chi connectivity index (χ2n) is 5.94. The molecule has 4 rings (SSSR count). The van der Waals surface area contributed by atoms with E-state index in [9.17, 15) is 5.11 Å². The van der Waals surface area contributed by atoms with Crippen molar-refractivity contribution in [2.75, 3.05) is 0 Å². The number of nitrogens with zero attached hydrogens (tertiary/aromatic N) is 1. The molecule has 0 spiro atoms. The van der Waals surface area contributed by atoms with Crippen molar-refractivity contribution >= 4 is 34.8 Å². The minimum Gasteiger partial charge on any atom is -0.508 e. The second-order valence-corrected chi connectivity index (χ2v) is 7.62. The van der Waals surface area contributed by atoms with Gasteiger partial charge < -0.3 is 5.11 Å². The quantitative estimate of drug-likeness (QED) is 0.569. The van der Waals surface area contributed by atoms with E-state index in [1.807, 2.05) is 54.2 Å². The third-order valence-corrected chi connectivity index (χ3v) is 5.79. The van der Waals surface area contributed by atoms with E-state index in [4.69, 9.17) is 16.6 Å². The van der Waals surface area contributed by atoms with Gasteiger partial charge in [-0.05, 0) is 59.7 Å². The minimum atomic E-state index is 0.258. The first-order valence-corrected chi connectivity index (χ1v) is 9.33. The molecule has 2 nitrogen and oxygen atoms in total. The van der Waals surface area contributed by atoms with Gasteiger partial charge in [-0.3, -0.25) is 4.99 Å². The summed E-state index contributed by atoms with van der Waals surface area (Å²) in [5, 5.41) is 10.6. The number of rotatable bonds is 2. The van der Waals surface area contributed by atoms with Gasteiger partial charge in [0.15, 0.2) is 0 Å². The molecule has 1 aliphatic rings. The van der Waals surface area contributed by atoms with Crippen LogP contribution in [0.15, 0.2) is 82.7 Å². The van der Waals surface area contributed by atoms with Crippen molar-refractivity contribution in [3.63, 3.8) is 0 Å². The first-order chi connectivity index (χ1) is 12.2. The number of thioether (sulfide) groups is 1. The van der Waals surface area contributed by atoms with Crippen LogP contribution >= 0.6 is 23.4 Å². The van der Waals surface area contributed by atoms with E-state index in [0.29, 0.717) is 0 Å². The fourth-order valence-electron chi connectivity index (χ4n) is 2.91. The molecule has 0 saturated heterocycles. The Bertz CT molecular complexity index is 919. The van der Waals surface area contributed by atoms with Gasteiger partial charge in [0.1, 0.15) is 5.75 Å². The molecule has 0 bridgehead atoms. The summed E-state index contributed by atoms with van der Waals surface area (Å²) in [6, 6.07) is 23.5. The summed E-state index contributed by atoms with van der Waals surface area (Å²) in [5.74, 6) is 0.266. The standard InChI is InChI=1S/C21H16ClNOS/c22-16-9-5-15(6-10-16)21-13-19(14-7-11-17(24)12-8-14)23-18-3-1-2-4-20(18)25-21/h1-12,21,24H,13H2/t21-/m1/s1. The molecule has 0 fully saturated rings. The van der Waals surface area contributed by atoms with Crippen LogP contribution in [0.3, 0.4) is 0 Å². The number of phenols is 1.